The van der Waals surface area contributed by atoms with E-state index in [0.29, 0.717) is 26.3 Å². The quantitative estimate of drug-likeness (QED) is 0.747. The second kappa shape index (κ2) is 10.3. The first-order valence-corrected chi connectivity index (χ1v) is 10.8. The predicted octanol–water partition coefficient (Wildman–Crippen LogP) is 3.36. The summed E-state index contributed by atoms with van der Waals surface area (Å²) in [5, 5.41) is 6.34. The van der Waals surface area contributed by atoms with Crippen LogP contribution in [0.15, 0.2) is 60.9 Å². The van der Waals surface area contributed by atoms with Crippen molar-refractivity contribution in [3.05, 3.63) is 72.1 Å². The number of carbonyl (C=O) groups excluding carboxylic acids is 1. The topological polar surface area (TPSA) is 66.1 Å². The molecule has 2 N–H and O–H groups in total. The van der Waals surface area contributed by atoms with Crippen LogP contribution in [0.2, 0.25) is 0 Å². The molecule has 4 rings (SSSR count). The Morgan fingerprint density at radius 1 is 0.742 bits per heavy atom. The van der Waals surface area contributed by atoms with Crippen LogP contribution in [0.5, 0.6) is 0 Å². The molecule has 2 heterocycles. The van der Waals surface area contributed by atoms with E-state index in [-0.39, 0.29) is 6.03 Å². The van der Waals surface area contributed by atoms with Crippen molar-refractivity contribution in [1.82, 2.24) is 9.80 Å². The Morgan fingerprint density at radius 3 is 1.71 bits per heavy atom. The van der Waals surface area contributed by atoms with Crippen molar-refractivity contribution in [2.24, 2.45) is 0 Å². The van der Waals surface area contributed by atoms with E-state index in [1.807, 2.05) is 12.1 Å². The second-order valence-corrected chi connectivity index (χ2v) is 7.77. The van der Waals surface area contributed by atoms with Crippen LogP contribution < -0.4 is 10.6 Å². The summed E-state index contributed by atoms with van der Waals surface area (Å²) in [6.45, 7) is 9.83. The number of benzene rings is 2. The van der Waals surface area contributed by atoms with Gasteiger partial charge < -0.3 is 29.9 Å². The van der Waals surface area contributed by atoms with E-state index in [1.54, 1.807) is 4.90 Å². The monoisotopic (exact) mass is 422 g/mol. The van der Waals surface area contributed by atoms with Crippen molar-refractivity contribution in [1.29, 1.82) is 0 Å². The van der Waals surface area contributed by atoms with Gasteiger partial charge in [-0.25, -0.2) is 4.79 Å². The van der Waals surface area contributed by atoms with Crippen LogP contribution in [0, 0.1) is 0 Å². The van der Waals surface area contributed by atoms with Gasteiger partial charge in [0.1, 0.15) is 0 Å². The lowest BCUT2D eigenvalue weighted by atomic mass is 10.0. The highest BCUT2D eigenvalue weighted by Crippen LogP contribution is 2.18. The first-order chi connectivity index (χ1) is 15.2. The van der Waals surface area contributed by atoms with Crippen LogP contribution in [0.3, 0.4) is 0 Å². The molecule has 7 heteroatoms. The molecule has 0 atom stereocenters. The van der Waals surface area contributed by atoms with Gasteiger partial charge in [0, 0.05) is 37.6 Å². The minimum Gasteiger partial charge on any atom is -0.378 e. The van der Waals surface area contributed by atoms with Gasteiger partial charge >= 0.3 is 6.03 Å². The summed E-state index contributed by atoms with van der Waals surface area (Å²) in [5.41, 5.74) is 4.26. The molecule has 2 fully saturated rings. The summed E-state index contributed by atoms with van der Waals surface area (Å²) in [4.78, 5) is 16.3. The molecule has 0 unspecified atom stereocenters. The molecule has 0 radical (unpaired) electrons. The van der Waals surface area contributed by atoms with E-state index in [9.17, 15) is 4.79 Å². The SMILES string of the molecule is C=C(Nc1ccc(Cc2ccc(NC(=O)N3CCOCC3)cc2)cc1)N1CCOCC1. The molecule has 2 amide bonds. The third-order valence-corrected chi connectivity index (χ3v) is 5.55. The number of morpholine rings is 2. The van der Waals surface area contributed by atoms with Gasteiger partial charge in [0.2, 0.25) is 0 Å². The fourth-order valence-corrected chi connectivity index (χ4v) is 3.70. The number of urea groups is 1. The molecule has 0 aromatic heterocycles. The maximum absolute atomic E-state index is 12.3. The lowest BCUT2D eigenvalue weighted by molar-refractivity contribution is 0.0545. The Kier molecular flexibility index (Phi) is 7.07. The standard InChI is InChI=1S/C24H30N4O3/c1-19(27-10-14-30-15-11-27)25-22-6-2-20(3-7-22)18-21-4-8-23(9-5-21)26-24(29)28-12-16-31-17-13-28/h2-9,25H,1,10-18H2,(H,26,29). The van der Waals surface area contributed by atoms with Gasteiger partial charge in [0.15, 0.2) is 0 Å². The molecule has 2 aromatic rings. The zero-order valence-electron chi connectivity index (χ0n) is 17.8. The zero-order valence-corrected chi connectivity index (χ0v) is 17.8. The molecule has 0 aliphatic carbocycles. The summed E-state index contributed by atoms with van der Waals surface area (Å²) in [6.07, 6.45) is 0.836. The highest BCUT2D eigenvalue weighted by molar-refractivity contribution is 5.89. The van der Waals surface area contributed by atoms with Crippen LogP contribution in [-0.2, 0) is 15.9 Å². The van der Waals surface area contributed by atoms with Gasteiger partial charge in [-0.2, -0.15) is 0 Å². The van der Waals surface area contributed by atoms with E-state index in [2.05, 4.69) is 58.5 Å². The number of amides is 2. The van der Waals surface area contributed by atoms with E-state index >= 15 is 0 Å². The molecule has 0 saturated carbocycles. The third-order valence-electron chi connectivity index (χ3n) is 5.55. The number of hydrogen-bond donors (Lipinski definition) is 2. The van der Waals surface area contributed by atoms with Gasteiger partial charge in [0.25, 0.3) is 0 Å². The molecule has 0 spiro atoms. The van der Waals surface area contributed by atoms with E-state index in [0.717, 1.165) is 49.9 Å². The minimum absolute atomic E-state index is 0.0715. The molecule has 2 aromatic carbocycles. The number of anilines is 2. The van der Waals surface area contributed by atoms with Crippen molar-refractivity contribution >= 4 is 17.4 Å². The van der Waals surface area contributed by atoms with Gasteiger partial charge in [-0.05, 0) is 41.8 Å². The number of nitrogens with zero attached hydrogens (tertiary/aromatic N) is 2. The fraction of sp³-hybridized carbons (Fsp3) is 0.375. The summed E-state index contributed by atoms with van der Waals surface area (Å²) in [6, 6.07) is 16.4. The number of rotatable bonds is 6. The molecule has 7 nitrogen and oxygen atoms in total. The van der Waals surface area contributed by atoms with Gasteiger partial charge in [-0.15, -0.1) is 0 Å². The normalized spacial score (nSPS) is 16.6. The van der Waals surface area contributed by atoms with Crippen LogP contribution in [0.1, 0.15) is 11.1 Å². The Hall–Kier alpha value is -3.03. The molecule has 0 bridgehead atoms. The Balaban J connectivity index is 1.27. The molecule has 164 valence electrons. The number of hydrogen-bond acceptors (Lipinski definition) is 5. The number of ether oxygens (including phenoxy) is 2. The smallest absolute Gasteiger partial charge is 0.321 e. The molecule has 2 aliphatic rings. The Bertz CT molecular complexity index is 797. The van der Waals surface area contributed by atoms with Crippen molar-refractivity contribution in [3.63, 3.8) is 0 Å². The Morgan fingerprint density at radius 2 is 1.19 bits per heavy atom. The maximum Gasteiger partial charge on any atom is 0.321 e. The van der Waals surface area contributed by atoms with Gasteiger partial charge in [-0.1, -0.05) is 30.8 Å². The van der Waals surface area contributed by atoms with E-state index in [1.165, 1.54) is 11.1 Å². The third kappa shape index (κ3) is 5.99. The van der Waals surface area contributed by atoms with Crippen LogP contribution >= 0.6 is 0 Å². The summed E-state index contributed by atoms with van der Waals surface area (Å²) >= 11 is 0. The highest BCUT2D eigenvalue weighted by Gasteiger charge is 2.16. The first kappa shape index (κ1) is 21.2. The van der Waals surface area contributed by atoms with Crippen molar-refractivity contribution < 1.29 is 14.3 Å². The Labute approximate surface area is 183 Å². The van der Waals surface area contributed by atoms with E-state index in [4.69, 9.17) is 9.47 Å². The van der Waals surface area contributed by atoms with Crippen LogP contribution in [0.4, 0.5) is 16.2 Å². The molecule has 2 saturated heterocycles. The summed E-state index contributed by atoms with van der Waals surface area (Å²) in [5.74, 6) is 0.908. The van der Waals surface area contributed by atoms with Gasteiger partial charge in [-0.3, -0.25) is 0 Å². The zero-order chi connectivity index (χ0) is 21.5. The molecular formula is C24H30N4O3. The van der Waals surface area contributed by atoms with Crippen LogP contribution in [-0.4, -0.2) is 68.4 Å². The first-order valence-electron chi connectivity index (χ1n) is 10.8. The number of carbonyl (C=O) groups is 1. The maximum atomic E-state index is 12.3. The molecular weight excluding hydrogens is 392 g/mol. The van der Waals surface area contributed by atoms with Crippen molar-refractivity contribution in [3.8, 4) is 0 Å². The van der Waals surface area contributed by atoms with Crippen molar-refractivity contribution in [2.45, 2.75) is 6.42 Å². The van der Waals surface area contributed by atoms with Crippen LogP contribution in [0.25, 0.3) is 0 Å². The van der Waals surface area contributed by atoms with Gasteiger partial charge in [0.05, 0.1) is 32.2 Å². The lowest BCUT2D eigenvalue weighted by Crippen LogP contribution is -2.43. The van der Waals surface area contributed by atoms with Crippen molar-refractivity contribution in [2.75, 3.05) is 63.2 Å². The van der Waals surface area contributed by atoms with E-state index < -0.39 is 0 Å². The average Bonchev–Trinajstić information content (AvgIpc) is 2.82. The summed E-state index contributed by atoms with van der Waals surface area (Å²) in [7, 11) is 0. The number of nitrogens with one attached hydrogen (secondary N) is 2. The minimum atomic E-state index is -0.0715. The molecule has 31 heavy (non-hydrogen) atoms. The predicted molar refractivity (Wildman–Crippen MR) is 122 cm³/mol. The largest absolute Gasteiger partial charge is 0.378 e. The fourth-order valence-electron chi connectivity index (χ4n) is 3.70. The molecule has 2 aliphatic heterocycles. The highest BCUT2D eigenvalue weighted by atomic mass is 16.5. The lowest BCUT2D eigenvalue weighted by Gasteiger charge is -2.30. The second-order valence-electron chi connectivity index (χ2n) is 7.77. The summed E-state index contributed by atoms with van der Waals surface area (Å²) < 4.78 is 10.7. The average molecular weight is 423 g/mol.